The standard InChI is InChI=1S/C11H21NO/c1-9-6-7-12(8-9)10-4-2-3-5-11(10)13/h9-11,13H,2-8H2,1H3/t9?,10?,11-/m0/s1. The third-order valence-corrected chi connectivity index (χ3v) is 3.62. The van der Waals surface area contributed by atoms with Crippen LogP contribution in [0.25, 0.3) is 0 Å². The maximum absolute atomic E-state index is 9.87. The number of aliphatic hydroxyl groups is 1. The Morgan fingerprint density at radius 3 is 2.54 bits per heavy atom. The number of likely N-dealkylation sites (tertiary alicyclic amines) is 1. The summed E-state index contributed by atoms with van der Waals surface area (Å²) in [6, 6.07) is 0.485. The Balaban J connectivity index is 1.91. The van der Waals surface area contributed by atoms with Crippen LogP contribution in [-0.2, 0) is 0 Å². The van der Waals surface area contributed by atoms with Crippen molar-refractivity contribution in [1.82, 2.24) is 4.90 Å². The summed E-state index contributed by atoms with van der Waals surface area (Å²) >= 11 is 0. The van der Waals surface area contributed by atoms with Gasteiger partial charge in [-0.25, -0.2) is 0 Å². The van der Waals surface area contributed by atoms with E-state index >= 15 is 0 Å². The second-order valence-corrected chi connectivity index (χ2v) is 4.81. The first-order valence-corrected chi connectivity index (χ1v) is 5.69. The van der Waals surface area contributed by atoms with Crippen LogP contribution in [0.15, 0.2) is 0 Å². The predicted octanol–water partition coefficient (Wildman–Crippen LogP) is 1.63. The molecule has 0 aromatic carbocycles. The largest absolute Gasteiger partial charge is 0.391 e. The summed E-state index contributed by atoms with van der Waals surface area (Å²) < 4.78 is 0. The van der Waals surface area contributed by atoms with Gasteiger partial charge in [-0.2, -0.15) is 0 Å². The lowest BCUT2D eigenvalue weighted by Gasteiger charge is -2.35. The normalized spacial score (nSPS) is 42.5. The summed E-state index contributed by atoms with van der Waals surface area (Å²) in [7, 11) is 0. The zero-order valence-electron chi connectivity index (χ0n) is 8.58. The first-order valence-electron chi connectivity index (χ1n) is 5.69. The van der Waals surface area contributed by atoms with Crippen LogP contribution in [-0.4, -0.2) is 35.2 Å². The van der Waals surface area contributed by atoms with Gasteiger partial charge in [-0.1, -0.05) is 19.8 Å². The lowest BCUT2D eigenvalue weighted by molar-refractivity contribution is 0.0297. The lowest BCUT2D eigenvalue weighted by Crippen LogP contribution is -2.44. The van der Waals surface area contributed by atoms with Crippen molar-refractivity contribution in [1.29, 1.82) is 0 Å². The molecule has 3 atom stereocenters. The van der Waals surface area contributed by atoms with Crippen molar-refractivity contribution in [2.24, 2.45) is 5.92 Å². The molecule has 1 N–H and O–H groups in total. The second-order valence-electron chi connectivity index (χ2n) is 4.81. The number of nitrogens with zero attached hydrogens (tertiary/aromatic N) is 1. The molecular formula is C11H21NO. The van der Waals surface area contributed by atoms with Gasteiger partial charge in [-0.05, 0) is 31.7 Å². The van der Waals surface area contributed by atoms with Gasteiger partial charge in [0, 0.05) is 12.6 Å². The lowest BCUT2D eigenvalue weighted by atomic mass is 9.91. The first-order chi connectivity index (χ1) is 6.27. The Morgan fingerprint density at radius 1 is 1.15 bits per heavy atom. The Bertz CT molecular complexity index is 171. The van der Waals surface area contributed by atoms with E-state index in [0.29, 0.717) is 6.04 Å². The molecule has 2 heteroatoms. The van der Waals surface area contributed by atoms with E-state index in [1.165, 1.54) is 38.8 Å². The van der Waals surface area contributed by atoms with E-state index < -0.39 is 0 Å². The van der Waals surface area contributed by atoms with Gasteiger partial charge in [-0.3, -0.25) is 4.90 Å². The molecule has 2 rings (SSSR count). The van der Waals surface area contributed by atoms with Gasteiger partial charge < -0.3 is 5.11 Å². The Hall–Kier alpha value is -0.0800. The average Bonchev–Trinajstić information content (AvgIpc) is 2.53. The Labute approximate surface area is 80.9 Å². The molecule has 0 amide bonds. The van der Waals surface area contributed by atoms with Crippen LogP contribution in [0.2, 0.25) is 0 Å². The van der Waals surface area contributed by atoms with Crippen molar-refractivity contribution in [3.63, 3.8) is 0 Å². The van der Waals surface area contributed by atoms with Crippen LogP contribution < -0.4 is 0 Å². The van der Waals surface area contributed by atoms with Crippen LogP contribution in [0, 0.1) is 5.92 Å². The van der Waals surface area contributed by atoms with E-state index in [9.17, 15) is 5.11 Å². The van der Waals surface area contributed by atoms with Crippen LogP contribution in [0.4, 0.5) is 0 Å². The molecule has 1 aliphatic carbocycles. The summed E-state index contributed by atoms with van der Waals surface area (Å²) in [5, 5.41) is 9.87. The van der Waals surface area contributed by atoms with Gasteiger partial charge in [0.1, 0.15) is 0 Å². The van der Waals surface area contributed by atoms with E-state index in [-0.39, 0.29) is 6.10 Å². The smallest absolute Gasteiger partial charge is 0.0695 e. The first kappa shape index (κ1) is 9.47. The molecule has 1 saturated heterocycles. The quantitative estimate of drug-likeness (QED) is 0.668. The molecule has 0 aromatic heterocycles. The van der Waals surface area contributed by atoms with Crippen molar-refractivity contribution in [2.75, 3.05) is 13.1 Å². The SMILES string of the molecule is CC1CCN(C2CCCC[C@@H]2O)C1. The highest BCUT2D eigenvalue weighted by atomic mass is 16.3. The highest BCUT2D eigenvalue weighted by molar-refractivity contribution is 4.86. The molecule has 0 radical (unpaired) electrons. The molecule has 0 bridgehead atoms. The van der Waals surface area contributed by atoms with Gasteiger partial charge >= 0.3 is 0 Å². The number of rotatable bonds is 1. The topological polar surface area (TPSA) is 23.5 Å². The molecule has 1 saturated carbocycles. The van der Waals surface area contributed by atoms with Crippen LogP contribution >= 0.6 is 0 Å². The summed E-state index contributed by atoms with van der Waals surface area (Å²) in [5.74, 6) is 0.842. The summed E-state index contributed by atoms with van der Waals surface area (Å²) in [5.41, 5.74) is 0. The highest BCUT2D eigenvalue weighted by Gasteiger charge is 2.32. The van der Waals surface area contributed by atoms with Crippen LogP contribution in [0.5, 0.6) is 0 Å². The molecule has 2 aliphatic rings. The second kappa shape index (κ2) is 3.97. The zero-order chi connectivity index (χ0) is 9.26. The number of aliphatic hydroxyl groups excluding tert-OH is 1. The van der Waals surface area contributed by atoms with E-state index in [2.05, 4.69) is 11.8 Å². The fraction of sp³-hybridized carbons (Fsp3) is 1.00. The molecule has 0 aromatic rings. The number of hydrogen-bond donors (Lipinski definition) is 1. The van der Waals surface area contributed by atoms with E-state index in [0.717, 1.165) is 12.3 Å². The third-order valence-electron chi connectivity index (χ3n) is 3.62. The van der Waals surface area contributed by atoms with E-state index in [4.69, 9.17) is 0 Å². The maximum Gasteiger partial charge on any atom is 0.0695 e. The molecule has 2 nitrogen and oxygen atoms in total. The van der Waals surface area contributed by atoms with Gasteiger partial charge in [0.2, 0.25) is 0 Å². The van der Waals surface area contributed by atoms with Gasteiger partial charge in [0.25, 0.3) is 0 Å². The fourth-order valence-electron chi connectivity index (χ4n) is 2.79. The van der Waals surface area contributed by atoms with Gasteiger partial charge in [0.15, 0.2) is 0 Å². The van der Waals surface area contributed by atoms with Crippen LogP contribution in [0.1, 0.15) is 39.0 Å². The highest BCUT2D eigenvalue weighted by Crippen LogP contribution is 2.27. The molecule has 76 valence electrons. The molecule has 1 heterocycles. The van der Waals surface area contributed by atoms with E-state index in [1.54, 1.807) is 0 Å². The van der Waals surface area contributed by atoms with Crippen molar-refractivity contribution in [3.05, 3.63) is 0 Å². The Kier molecular flexibility index (Phi) is 2.89. The average molecular weight is 183 g/mol. The maximum atomic E-state index is 9.87. The predicted molar refractivity (Wildman–Crippen MR) is 53.6 cm³/mol. The monoisotopic (exact) mass is 183 g/mol. The summed E-state index contributed by atoms with van der Waals surface area (Å²) in [6.45, 7) is 4.74. The van der Waals surface area contributed by atoms with Crippen molar-refractivity contribution < 1.29 is 5.11 Å². The Morgan fingerprint density at radius 2 is 1.92 bits per heavy atom. The van der Waals surface area contributed by atoms with Crippen LogP contribution in [0.3, 0.4) is 0 Å². The van der Waals surface area contributed by atoms with Crippen molar-refractivity contribution in [3.8, 4) is 0 Å². The molecule has 1 aliphatic heterocycles. The van der Waals surface area contributed by atoms with E-state index in [1.807, 2.05) is 0 Å². The summed E-state index contributed by atoms with van der Waals surface area (Å²) in [4.78, 5) is 2.51. The number of hydrogen-bond acceptors (Lipinski definition) is 2. The van der Waals surface area contributed by atoms with Crippen molar-refractivity contribution >= 4 is 0 Å². The molecule has 2 unspecified atom stereocenters. The minimum absolute atomic E-state index is 0.0425. The molecule has 13 heavy (non-hydrogen) atoms. The zero-order valence-corrected chi connectivity index (χ0v) is 8.58. The van der Waals surface area contributed by atoms with Gasteiger partial charge in [0.05, 0.1) is 6.10 Å². The molecule has 2 fully saturated rings. The minimum atomic E-state index is -0.0425. The van der Waals surface area contributed by atoms with Crippen molar-refractivity contribution in [2.45, 2.75) is 51.2 Å². The summed E-state index contributed by atoms with van der Waals surface area (Å²) in [6.07, 6.45) is 6.05. The fourth-order valence-corrected chi connectivity index (χ4v) is 2.79. The molecular weight excluding hydrogens is 162 g/mol. The third kappa shape index (κ3) is 2.05. The molecule has 0 spiro atoms. The van der Waals surface area contributed by atoms with Gasteiger partial charge in [-0.15, -0.1) is 0 Å². The minimum Gasteiger partial charge on any atom is -0.391 e.